The average Bonchev–Trinajstić information content (AvgIpc) is 2.42. The Morgan fingerprint density at radius 3 is 2.30 bits per heavy atom. The number of piperazine rings is 1. The first-order valence-corrected chi connectivity index (χ1v) is 7.13. The Morgan fingerprint density at radius 2 is 1.80 bits per heavy atom. The summed E-state index contributed by atoms with van der Waals surface area (Å²) in [6.45, 7) is 6.75. The normalized spacial score (nSPS) is 22.8. The summed E-state index contributed by atoms with van der Waals surface area (Å²) in [7, 11) is 0. The minimum Gasteiger partial charge on any atom is -0.370 e. The van der Waals surface area contributed by atoms with Crippen LogP contribution in [0, 0.1) is 0 Å². The fourth-order valence-electron chi connectivity index (χ4n) is 2.68. The first-order chi connectivity index (χ1) is 9.49. The van der Waals surface area contributed by atoms with Crippen LogP contribution in [0.5, 0.6) is 0 Å². The largest absolute Gasteiger partial charge is 0.370 e. The van der Waals surface area contributed by atoms with E-state index in [1.165, 1.54) is 0 Å². The Bertz CT molecular complexity index is 311. The van der Waals surface area contributed by atoms with E-state index in [0.717, 1.165) is 32.5 Å². The lowest BCUT2D eigenvalue weighted by atomic mass is 10.0. The highest BCUT2D eigenvalue weighted by atomic mass is 15.3. The number of nitrogens with two attached hydrogens (primary N) is 4. The van der Waals surface area contributed by atoms with Gasteiger partial charge in [-0.2, -0.15) is 0 Å². The molecule has 1 rings (SSSR count). The number of guanidine groups is 2. The lowest BCUT2D eigenvalue weighted by Crippen LogP contribution is -2.59. The molecule has 3 atom stereocenters. The lowest BCUT2D eigenvalue weighted by Gasteiger charge is -2.42. The molecule has 1 aliphatic heterocycles. The van der Waals surface area contributed by atoms with Gasteiger partial charge >= 0.3 is 0 Å². The minimum absolute atomic E-state index is 0.0321. The molecular formula is C12H28N8. The molecule has 8 heteroatoms. The first kappa shape index (κ1) is 16.5. The molecule has 1 fully saturated rings. The molecule has 0 aromatic carbocycles. The second kappa shape index (κ2) is 7.91. The predicted molar refractivity (Wildman–Crippen MR) is 83.1 cm³/mol. The van der Waals surface area contributed by atoms with E-state index in [4.69, 9.17) is 22.9 Å². The van der Waals surface area contributed by atoms with Gasteiger partial charge in [-0.15, -0.1) is 0 Å². The van der Waals surface area contributed by atoms with E-state index in [2.05, 4.69) is 34.0 Å². The third-order valence-corrected chi connectivity index (χ3v) is 3.55. The summed E-state index contributed by atoms with van der Waals surface area (Å²) in [6, 6.07) is 0.222. The summed E-state index contributed by atoms with van der Waals surface area (Å²) < 4.78 is 0. The zero-order valence-corrected chi connectivity index (χ0v) is 12.4. The van der Waals surface area contributed by atoms with Gasteiger partial charge in [0.25, 0.3) is 0 Å². The van der Waals surface area contributed by atoms with Crippen molar-refractivity contribution in [3.8, 4) is 0 Å². The number of nitrogens with one attached hydrogen (secondary N) is 1. The second-order valence-corrected chi connectivity index (χ2v) is 4.98. The number of hydrogen-bond acceptors (Lipinski definition) is 4. The molecule has 8 nitrogen and oxygen atoms in total. The van der Waals surface area contributed by atoms with Crippen molar-refractivity contribution in [2.24, 2.45) is 32.9 Å². The molecule has 0 radical (unpaired) electrons. The van der Waals surface area contributed by atoms with Crippen molar-refractivity contribution in [3.05, 3.63) is 0 Å². The van der Waals surface area contributed by atoms with Crippen molar-refractivity contribution in [1.29, 1.82) is 0 Å². The molecule has 0 spiro atoms. The number of aliphatic imine (C=N–C) groups is 2. The number of nitrogens with zero attached hydrogens (tertiary/aromatic N) is 3. The summed E-state index contributed by atoms with van der Waals surface area (Å²) in [6.07, 6.45) is 1.67. The smallest absolute Gasteiger partial charge is 0.187 e. The van der Waals surface area contributed by atoms with Crippen LogP contribution in [-0.2, 0) is 0 Å². The zero-order valence-electron chi connectivity index (χ0n) is 12.4. The van der Waals surface area contributed by atoms with Gasteiger partial charge in [0.15, 0.2) is 11.9 Å². The van der Waals surface area contributed by atoms with Gasteiger partial charge in [0, 0.05) is 25.7 Å². The molecule has 3 unspecified atom stereocenters. The molecule has 0 bridgehead atoms. The lowest BCUT2D eigenvalue weighted by molar-refractivity contribution is 0.0894. The molecule has 1 heterocycles. The van der Waals surface area contributed by atoms with Gasteiger partial charge in [0.2, 0.25) is 0 Å². The van der Waals surface area contributed by atoms with Crippen LogP contribution in [0.25, 0.3) is 0 Å². The minimum atomic E-state index is -0.0321. The fraction of sp³-hybridized carbons (Fsp3) is 0.833. The van der Waals surface area contributed by atoms with Gasteiger partial charge in [-0.05, 0) is 12.8 Å². The SMILES string of the molecule is CCC(N=C(N)N)C1CNCCN1C(CC)N=C(N)N. The van der Waals surface area contributed by atoms with Gasteiger partial charge in [0.1, 0.15) is 6.17 Å². The van der Waals surface area contributed by atoms with Gasteiger partial charge in [-0.25, -0.2) is 9.98 Å². The predicted octanol–water partition coefficient (Wildman–Crippen LogP) is -1.68. The van der Waals surface area contributed by atoms with Crippen molar-refractivity contribution >= 4 is 11.9 Å². The van der Waals surface area contributed by atoms with Gasteiger partial charge in [-0.1, -0.05) is 13.8 Å². The fourth-order valence-corrected chi connectivity index (χ4v) is 2.68. The topological polar surface area (TPSA) is 144 Å². The summed E-state index contributed by atoms with van der Waals surface area (Å²) in [4.78, 5) is 11.0. The standard InChI is InChI=1S/C12H28N8/c1-3-8(18-11(13)14)9-7-17-5-6-20(9)10(4-2)19-12(15)16/h8-10,17H,3-7H2,1-2H3,(H4,13,14,18)(H4,15,16,19). The van der Waals surface area contributed by atoms with E-state index in [1.54, 1.807) is 0 Å². The Hall–Kier alpha value is -1.54. The highest BCUT2D eigenvalue weighted by Gasteiger charge is 2.32. The van der Waals surface area contributed by atoms with Crippen LogP contribution in [0.4, 0.5) is 0 Å². The summed E-state index contributed by atoms with van der Waals surface area (Å²) in [5.74, 6) is 0.237. The van der Waals surface area contributed by atoms with E-state index in [1.807, 2.05) is 0 Å². The highest BCUT2D eigenvalue weighted by molar-refractivity contribution is 5.76. The molecule has 20 heavy (non-hydrogen) atoms. The van der Waals surface area contributed by atoms with E-state index >= 15 is 0 Å². The summed E-state index contributed by atoms with van der Waals surface area (Å²) in [5, 5.41) is 3.38. The van der Waals surface area contributed by atoms with Crippen molar-refractivity contribution < 1.29 is 0 Å². The maximum absolute atomic E-state index is 5.53. The third kappa shape index (κ3) is 4.53. The Balaban J connectivity index is 2.94. The maximum Gasteiger partial charge on any atom is 0.187 e. The summed E-state index contributed by atoms with van der Waals surface area (Å²) in [5.41, 5.74) is 22.1. The van der Waals surface area contributed by atoms with Crippen LogP contribution in [-0.4, -0.2) is 54.7 Å². The molecule has 9 N–H and O–H groups in total. The maximum atomic E-state index is 5.53. The molecule has 0 aliphatic carbocycles. The molecule has 0 aromatic rings. The number of hydrogen-bond donors (Lipinski definition) is 5. The highest BCUT2D eigenvalue weighted by Crippen LogP contribution is 2.19. The van der Waals surface area contributed by atoms with Crippen molar-refractivity contribution in [2.75, 3.05) is 19.6 Å². The Morgan fingerprint density at radius 1 is 1.15 bits per heavy atom. The molecule has 116 valence electrons. The van der Waals surface area contributed by atoms with E-state index in [0.29, 0.717) is 0 Å². The van der Waals surface area contributed by atoms with Gasteiger partial charge in [-0.3, -0.25) is 4.90 Å². The van der Waals surface area contributed by atoms with Crippen LogP contribution in [0.15, 0.2) is 9.98 Å². The van der Waals surface area contributed by atoms with Crippen LogP contribution in [0.1, 0.15) is 26.7 Å². The van der Waals surface area contributed by atoms with Gasteiger partial charge in [0.05, 0.1) is 6.04 Å². The Labute approximate surface area is 120 Å². The molecular weight excluding hydrogens is 256 g/mol. The molecule has 0 amide bonds. The molecule has 0 saturated carbocycles. The molecule has 1 saturated heterocycles. The Kier molecular flexibility index (Phi) is 6.53. The van der Waals surface area contributed by atoms with Gasteiger partial charge < -0.3 is 28.3 Å². The van der Waals surface area contributed by atoms with Crippen molar-refractivity contribution in [1.82, 2.24) is 10.2 Å². The van der Waals surface area contributed by atoms with E-state index in [-0.39, 0.29) is 30.2 Å². The van der Waals surface area contributed by atoms with Crippen molar-refractivity contribution in [2.45, 2.75) is 44.9 Å². The summed E-state index contributed by atoms with van der Waals surface area (Å²) >= 11 is 0. The van der Waals surface area contributed by atoms with Crippen molar-refractivity contribution in [3.63, 3.8) is 0 Å². The monoisotopic (exact) mass is 284 g/mol. The molecule has 0 aromatic heterocycles. The zero-order chi connectivity index (χ0) is 15.1. The van der Waals surface area contributed by atoms with E-state index < -0.39 is 0 Å². The quantitative estimate of drug-likeness (QED) is 0.291. The van der Waals surface area contributed by atoms with Crippen LogP contribution >= 0.6 is 0 Å². The van der Waals surface area contributed by atoms with Crippen LogP contribution in [0.2, 0.25) is 0 Å². The van der Waals surface area contributed by atoms with E-state index in [9.17, 15) is 0 Å². The first-order valence-electron chi connectivity index (χ1n) is 7.13. The second-order valence-electron chi connectivity index (χ2n) is 4.98. The average molecular weight is 284 g/mol. The third-order valence-electron chi connectivity index (χ3n) is 3.55. The van der Waals surface area contributed by atoms with Crippen LogP contribution < -0.4 is 28.3 Å². The number of rotatable bonds is 6. The molecule has 1 aliphatic rings. The van der Waals surface area contributed by atoms with Crippen LogP contribution in [0.3, 0.4) is 0 Å².